The van der Waals surface area contributed by atoms with E-state index in [0.29, 0.717) is 18.8 Å². The molecule has 0 spiro atoms. The van der Waals surface area contributed by atoms with E-state index in [1.165, 1.54) is 18.2 Å². The molecule has 2 N–H and O–H groups in total. The van der Waals surface area contributed by atoms with Gasteiger partial charge in [0, 0.05) is 25.9 Å². The monoisotopic (exact) mass is 252 g/mol. The Bertz CT molecular complexity index is 443. The van der Waals surface area contributed by atoms with E-state index in [9.17, 15) is 9.18 Å². The maximum Gasteiger partial charge on any atom is 0.256 e. The summed E-state index contributed by atoms with van der Waals surface area (Å²) >= 11 is 0. The van der Waals surface area contributed by atoms with Crippen LogP contribution in [0.2, 0.25) is 0 Å². The van der Waals surface area contributed by atoms with E-state index in [-0.39, 0.29) is 17.6 Å². The number of carbonyl (C=O) groups is 1. The molecule has 4 nitrogen and oxygen atoms in total. The molecule has 1 aromatic carbocycles. The van der Waals surface area contributed by atoms with E-state index in [0.717, 1.165) is 12.8 Å². The zero-order valence-corrected chi connectivity index (χ0v) is 10.4. The molecule has 1 saturated heterocycles. The number of benzene rings is 1. The van der Waals surface area contributed by atoms with Crippen molar-refractivity contribution in [3.8, 4) is 0 Å². The number of nitrogens with zero attached hydrogens (tertiary/aromatic N) is 1. The molecule has 1 aliphatic rings. The molecular weight excluding hydrogens is 235 g/mol. The van der Waals surface area contributed by atoms with Crippen LogP contribution in [0.15, 0.2) is 18.2 Å². The second-order valence-electron chi connectivity index (χ2n) is 4.47. The van der Waals surface area contributed by atoms with Crippen molar-refractivity contribution in [2.24, 2.45) is 0 Å². The lowest BCUT2D eigenvalue weighted by molar-refractivity contribution is 0.0348. The van der Waals surface area contributed by atoms with E-state index < -0.39 is 5.82 Å². The minimum absolute atomic E-state index is 0.0834. The summed E-state index contributed by atoms with van der Waals surface area (Å²) in [4.78, 5) is 13.8. The van der Waals surface area contributed by atoms with E-state index in [2.05, 4.69) is 0 Å². The fourth-order valence-corrected chi connectivity index (χ4v) is 2.17. The molecule has 1 aromatic rings. The number of hydrogen-bond donors (Lipinski definition) is 1. The molecule has 2 rings (SSSR count). The van der Waals surface area contributed by atoms with Crippen LogP contribution in [0.25, 0.3) is 0 Å². The molecule has 0 radical (unpaired) electrons. The van der Waals surface area contributed by atoms with Crippen molar-refractivity contribution in [3.63, 3.8) is 0 Å². The Balaban J connectivity index is 2.08. The quantitative estimate of drug-likeness (QED) is 0.814. The first-order valence-electron chi connectivity index (χ1n) is 5.99. The van der Waals surface area contributed by atoms with Gasteiger partial charge in [0.1, 0.15) is 5.82 Å². The number of nitrogens with two attached hydrogens (primary N) is 1. The number of methoxy groups -OCH3 is 1. The fourth-order valence-electron chi connectivity index (χ4n) is 2.17. The van der Waals surface area contributed by atoms with Crippen molar-refractivity contribution in [3.05, 3.63) is 29.6 Å². The van der Waals surface area contributed by atoms with Crippen molar-refractivity contribution in [1.29, 1.82) is 0 Å². The number of rotatable bonds is 2. The largest absolute Gasteiger partial charge is 0.399 e. The topological polar surface area (TPSA) is 55.6 Å². The average Bonchev–Trinajstić information content (AvgIpc) is 2.38. The molecule has 98 valence electrons. The molecule has 1 amide bonds. The summed E-state index contributed by atoms with van der Waals surface area (Å²) in [5, 5.41) is 0. The standard InChI is InChI=1S/C13H17FN2O2/c1-18-10-4-6-16(7-5-10)13(17)11-3-2-9(15)8-12(11)14/h2-3,8,10H,4-7,15H2,1H3. The number of amides is 1. The average molecular weight is 252 g/mol. The van der Waals surface area contributed by atoms with Crippen LogP contribution in [0, 0.1) is 5.82 Å². The van der Waals surface area contributed by atoms with Gasteiger partial charge in [0.2, 0.25) is 0 Å². The van der Waals surface area contributed by atoms with E-state index in [1.807, 2.05) is 0 Å². The second-order valence-corrected chi connectivity index (χ2v) is 4.47. The number of anilines is 1. The first-order chi connectivity index (χ1) is 8.61. The summed E-state index contributed by atoms with van der Waals surface area (Å²) in [7, 11) is 1.67. The molecular formula is C13H17FN2O2. The molecule has 5 heteroatoms. The number of likely N-dealkylation sites (tertiary alicyclic amines) is 1. The van der Waals surface area contributed by atoms with Crippen molar-refractivity contribution >= 4 is 11.6 Å². The number of ether oxygens (including phenoxy) is 1. The number of piperidine rings is 1. The third-order valence-electron chi connectivity index (χ3n) is 3.29. The third kappa shape index (κ3) is 2.61. The van der Waals surface area contributed by atoms with Crippen LogP contribution < -0.4 is 5.73 Å². The van der Waals surface area contributed by atoms with E-state index in [4.69, 9.17) is 10.5 Å². The van der Waals surface area contributed by atoms with Crippen LogP contribution in [0.4, 0.5) is 10.1 Å². The molecule has 1 heterocycles. The maximum atomic E-state index is 13.6. The van der Waals surface area contributed by atoms with Crippen molar-refractivity contribution in [2.75, 3.05) is 25.9 Å². The zero-order valence-electron chi connectivity index (χ0n) is 10.4. The predicted octanol–water partition coefficient (Wildman–Crippen LogP) is 1.66. The van der Waals surface area contributed by atoms with Crippen LogP contribution in [0.3, 0.4) is 0 Å². The van der Waals surface area contributed by atoms with Gasteiger partial charge in [0.05, 0.1) is 11.7 Å². The number of halogens is 1. The Labute approximate surface area is 106 Å². The van der Waals surface area contributed by atoms with E-state index >= 15 is 0 Å². The lowest BCUT2D eigenvalue weighted by Crippen LogP contribution is -2.40. The normalized spacial score (nSPS) is 16.9. The smallest absolute Gasteiger partial charge is 0.256 e. The number of hydrogen-bond acceptors (Lipinski definition) is 3. The van der Waals surface area contributed by atoms with Crippen LogP contribution in [0.1, 0.15) is 23.2 Å². The van der Waals surface area contributed by atoms with Crippen LogP contribution in [0.5, 0.6) is 0 Å². The first kappa shape index (κ1) is 12.8. The summed E-state index contributed by atoms with van der Waals surface area (Å²) in [6, 6.07) is 4.16. The van der Waals surface area contributed by atoms with Gasteiger partial charge in [-0.1, -0.05) is 0 Å². The van der Waals surface area contributed by atoms with Gasteiger partial charge in [-0.3, -0.25) is 4.79 Å². The Morgan fingerprint density at radius 1 is 1.44 bits per heavy atom. The molecule has 0 aliphatic carbocycles. The maximum absolute atomic E-state index is 13.6. The Morgan fingerprint density at radius 2 is 2.11 bits per heavy atom. The zero-order chi connectivity index (χ0) is 13.1. The van der Waals surface area contributed by atoms with Gasteiger partial charge in [-0.25, -0.2) is 4.39 Å². The molecule has 0 bridgehead atoms. The minimum Gasteiger partial charge on any atom is -0.399 e. The van der Waals surface area contributed by atoms with E-state index in [1.54, 1.807) is 12.0 Å². The Morgan fingerprint density at radius 3 is 2.67 bits per heavy atom. The Kier molecular flexibility index (Phi) is 3.81. The van der Waals surface area contributed by atoms with Gasteiger partial charge >= 0.3 is 0 Å². The van der Waals surface area contributed by atoms with Crippen LogP contribution in [-0.2, 0) is 4.74 Å². The van der Waals surface area contributed by atoms with Gasteiger partial charge < -0.3 is 15.4 Å². The SMILES string of the molecule is COC1CCN(C(=O)c2ccc(N)cc2F)CC1. The summed E-state index contributed by atoms with van der Waals surface area (Å²) in [6.45, 7) is 1.20. The molecule has 1 aliphatic heterocycles. The van der Waals surface area contributed by atoms with Crippen LogP contribution in [-0.4, -0.2) is 37.1 Å². The van der Waals surface area contributed by atoms with Crippen molar-refractivity contribution in [2.45, 2.75) is 18.9 Å². The molecule has 0 aromatic heterocycles. The third-order valence-corrected chi connectivity index (χ3v) is 3.29. The van der Waals surface area contributed by atoms with Gasteiger partial charge in [-0.05, 0) is 31.0 Å². The molecule has 1 fully saturated rings. The summed E-state index contributed by atoms with van der Waals surface area (Å²) in [5.74, 6) is -0.837. The summed E-state index contributed by atoms with van der Waals surface area (Å²) < 4.78 is 18.9. The highest BCUT2D eigenvalue weighted by Crippen LogP contribution is 2.18. The predicted molar refractivity (Wildman–Crippen MR) is 66.7 cm³/mol. The van der Waals surface area contributed by atoms with Gasteiger partial charge in [0.25, 0.3) is 5.91 Å². The number of nitrogen functional groups attached to an aromatic ring is 1. The Hall–Kier alpha value is -1.62. The summed E-state index contributed by atoms with van der Waals surface area (Å²) in [6.07, 6.45) is 1.78. The second kappa shape index (κ2) is 5.35. The lowest BCUT2D eigenvalue weighted by atomic mass is 10.1. The lowest BCUT2D eigenvalue weighted by Gasteiger charge is -2.31. The highest BCUT2D eigenvalue weighted by atomic mass is 19.1. The van der Waals surface area contributed by atoms with Crippen LogP contribution >= 0.6 is 0 Å². The van der Waals surface area contributed by atoms with Gasteiger partial charge in [-0.2, -0.15) is 0 Å². The molecule has 0 unspecified atom stereocenters. The van der Waals surface area contributed by atoms with Gasteiger partial charge in [-0.15, -0.1) is 0 Å². The van der Waals surface area contributed by atoms with Crippen molar-refractivity contribution in [1.82, 2.24) is 4.90 Å². The molecule has 0 atom stereocenters. The van der Waals surface area contributed by atoms with Gasteiger partial charge in [0.15, 0.2) is 0 Å². The number of carbonyl (C=O) groups excluding carboxylic acids is 1. The molecule has 0 saturated carbocycles. The van der Waals surface area contributed by atoms with Crippen molar-refractivity contribution < 1.29 is 13.9 Å². The molecule has 18 heavy (non-hydrogen) atoms. The highest BCUT2D eigenvalue weighted by Gasteiger charge is 2.24. The fraction of sp³-hybridized carbons (Fsp3) is 0.462. The first-order valence-corrected chi connectivity index (χ1v) is 5.99. The summed E-state index contributed by atoms with van der Waals surface area (Å²) in [5.41, 5.74) is 5.87. The minimum atomic E-state index is -0.561. The highest BCUT2D eigenvalue weighted by molar-refractivity contribution is 5.94.